The second-order valence-corrected chi connectivity index (χ2v) is 10.9. The van der Waals surface area contributed by atoms with Crippen LogP contribution in [0.15, 0.2) is 11.8 Å². The highest BCUT2D eigenvalue weighted by Gasteiger charge is 2.19. The quantitative estimate of drug-likeness (QED) is 0.555. The second kappa shape index (κ2) is 7.94. The zero-order chi connectivity index (χ0) is 12.6. The van der Waals surface area contributed by atoms with Gasteiger partial charge in [-0.25, -0.2) is 0 Å². The van der Waals surface area contributed by atoms with Gasteiger partial charge in [0.1, 0.15) is 0 Å². The maximum Gasteiger partial charge on any atom is 0.0514 e. The monoisotopic (exact) mass is 241 g/mol. The van der Waals surface area contributed by atoms with Crippen LogP contribution in [0.4, 0.5) is 0 Å². The first-order chi connectivity index (χ1) is 7.45. The predicted molar refractivity (Wildman–Crippen MR) is 78.7 cm³/mol. The van der Waals surface area contributed by atoms with Crippen LogP contribution < -0.4 is 0 Å². The first-order valence-corrected chi connectivity index (χ1v) is 10.3. The number of hydrogen-bond acceptors (Lipinski definition) is 1. The maximum atomic E-state index is 2.52. The molecule has 2 heteroatoms. The molecule has 1 nitrogen and oxygen atoms in total. The summed E-state index contributed by atoms with van der Waals surface area (Å²) in [6.07, 6.45) is 4.99. The van der Waals surface area contributed by atoms with E-state index < -0.39 is 8.07 Å². The van der Waals surface area contributed by atoms with Crippen LogP contribution in [0.1, 0.15) is 40.5 Å². The third kappa shape index (κ3) is 7.10. The molecule has 0 aromatic carbocycles. The Morgan fingerprint density at radius 2 is 1.75 bits per heavy atom. The molecule has 0 aliphatic carbocycles. The fourth-order valence-electron chi connectivity index (χ4n) is 2.48. The molecule has 0 aliphatic heterocycles. The number of allylic oxidation sites excluding steroid dienone is 1. The second-order valence-electron chi connectivity index (χ2n) is 5.70. The number of nitrogens with zero attached hydrogens (tertiary/aromatic N) is 1. The van der Waals surface area contributed by atoms with Crippen LogP contribution in [0.5, 0.6) is 0 Å². The van der Waals surface area contributed by atoms with Crippen LogP contribution in [0.3, 0.4) is 0 Å². The molecule has 0 aromatic heterocycles. The van der Waals surface area contributed by atoms with E-state index in [0.717, 1.165) is 6.54 Å². The van der Waals surface area contributed by atoms with E-state index in [2.05, 4.69) is 51.9 Å². The van der Waals surface area contributed by atoms with E-state index in [9.17, 15) is 0 Å². The van der Waals surface area contributed by atoms with Crippen molar-refractivity contribution in [2.45, 2.75) is 65.7 Å². The smallest absolute Gasteiger partial charge is 0.0514 e. The Bertz CT molecular complexity index is 209. The molecule has 16 heavy (non-hydrogen) atoms. The van der Waals surface area contributed by atoms with Crippen molar-refractivity contribution in [1.82, 2.24) is 4.90 Å². The van der Waals surface area contributed by atoms with E-state index in [1.807, 2.05) is 0 Å². The van der Waals surface area contributed by atoms with Gasteiger partial charge in [-0.05, 0) is 32.5 Å². The van der Waals surface area contributed by atoms with Crippen LogP contribution in [-0.2, 0) is 0 Å². The largest absolute Gasteiger partial charge is 0.378 e. The molecule has 0 bridgehead atoms. The van der Waals surface area contributed by atoms with Crippen LogP contribution >= 0.6 is 0 Å². The molecule has 0 spiro atoms. The van der Waals surface area contributed by atoms with E-state index in [4.69, 9.17) is 0 Å². The third-order valence-corrected chi connectivity index (χ3v) is 6.37. The van der Waals surface area contributed by atoms with Crippen LogP contribution in [0, 0.1) is 0 Å². The van der Waals surface area contributed by atoms with E-state index in [-0.39, 0.29) is 0 Å². The Kier molecular flexibility index (Phi) is 7.82. The highest BCUT2D eigenvalue weighted by atomic mass is 28.3. The van der Waals surface area contributed by atoms with Crippen molar-refractivity contribution in [3.05, 3.63) is 11.8 Å². The summed E-state index contributed by atoms with van der Waals surface area (Å²) in [4.78, 5) is 2.45. The van der Waals surface area contributed by atoms with E-state index in [1.54, 1.807) is 5.57 Å². The van der Waals surface area contributed by atoms with Crippen molar-refractivity contribution in [1.29, 1.82) is 0 Å². The lowest BCUT2D eigenvalue weighted by Gasteiger charge is -2.24. The molecule has 0 aliphatic rings. The molecule has 0 unspecified atom stereocenters. The van der Waals surface area contributed by atoms with Crippen LogP contribution in [0.25, 0.3) is 0 Å². The Morgan fingerprint density at radius 1 is 1.12 bits per heavy atom. The van der Waals surface area contributed by atoms with Crippen molar-refractivity contribution in [2.24, 2.45) is 0 Å². The molecule has 96 valence electrons. The molecule has 0 amide bonds. The lowest BCUT2D eigenvalue weighted by molar-refractivity contribution is 0.393. The fraction of sp³-hybridized carbons (Fsp3) is 0.857. The summed E-state index contributed by atoms with van der Waals surface area (Å²) >= 11 is 0. The van der Waals surface area contributed by atoms with E-state index in [1.165, 1.54) is 31.5 Å². The van der Waals surface area contributed by atoms with Gasteiger partial charge < -0.3 is 4.90 Å². The van der Waals surface area contributed by atoms with Gasteiger partial charge in [-0.15, -0.1) is 0 Å². The summed E-state index contributed by atoms with van der Waals surface area (Å²) in [5, 5.41) is 0. The molecular weight excluding hydrogens is 210 g/mol. The Labute approximate surface area is 104 Å². The molecule has 0 radical (unpaired) electrons. The van der Waals surface area contributed by atoms with Crippen molar-refractivity contribution in [3.63, 3.8) is 0 Å². The molecule has 0 fully saturated rings. The first-order valence-electron chi connectivity index (χ1n) is 6.86. The third-order valence-electron chi connectivity index (χ3n) is 3.00. The predicted octanol–water partition coefficient (Wildman–Crippen LogP) is 4.74. The zero-order valence-electron chi connectivity index (χ0n) is 12.3. The first kappa shape index (κ1) is 15.8. The summed E-state index contributed by atoms with van der Waals surface area (Å²) < 4.78 is 0. The lowest BCUT2D eigenvalue weighted by Crippen LogP contribution is -2.26. The highest BCUT2D eigenvalue weighted by Crippen LogP contribution is 2.22. The summed E-state index contributed by atoms with van der Waals surface area (Å²) in [6.45, 7) is 16.5. The number of hydrogen-bond donors (Lipinski definition) is 0. The topological polar surface area (TPSA) is 3.24 Å². The summed E-state index contributed by atoms with van der Waals surface area (Å²) in [5.74, 6) is 0. The average Bonchev–Trinajstić information content (AvgIpc) is 2.15. The van der Waals surface area contributed by atoms with Crippen molar-refractivity contribution in [2.75, 3.05) is 13.1 Å². The summed E-state index contributed by atoms with van der Waals surface area (Å²) in [7, 11) is -0.964. The minimum atomic E-state index is -0.964. The van der Waals surface area contributed by atoms with Gasteiger partial charge in [0.15, 0.2) is 0 Å². The minimum Gasteiger partial charge on any atom is -0.378 e. The van der Waals surface area contributed by atoms with Crippen LogP contribution in [-0.4, -0.2) is 26.1 Å². The zero-order valence-corrected chi connectivity index (χ0v) is 13.3. The Morgan fingerprint density at radius 3 is 2.19 bits per heavy atom. The molecule has 0 rings (SSSR count). The van der Waals surface area contributed by atoms with E-state index in [0.29, 0.717) is 0 Å². The Balaban J connectivity index is 4.30. The van der Waals surface area contributed by atoms with Gasteiger partial charge in [-0.3, -0.25) is 0 Å². The Hall–Kier alpha value is -0.243. The molecular formula is C14H31NSi. The van der Waals surface area contributed by atoms with Crippen molar-refractivity contribution >= 4 is 8.07 Å². The van der Waals surface area contributed by atoms with Gasteiger partial charge in [0.25, 0.3) is 0 Å². The standard InChI is InChI=1S/C14H31NSi/c1-7-10-15(9-3)12-14(4)13-16(5,6)11-8-2/h12H,7-11,13H2,1-6H3. The summed E-state index contributed by atoms with van der Waals surface area (Å²) in [6, 6.07) is 2.82. The van der Waals surface area contributed by atoms with Crippen molar-refractivity contribution in [3.8, 4) is 0 Å². The number of rotatable bonds is 8. The SMILES string of the molecule is CCCN(C=C(C)C[Si](C)(C)CCC)CC. The maximum absolute atomic E-state index is 2.52. The minimum absolute atomic E-state index is 0.964. The average molecular weight is 241 g/mol. The van der Waals surface area contributed by atoms with E-state index >= 15 is 0 Å². The normalized spacial score (nSPS) is 13.0. The fourth-order valence-corrected chi connectivity index (χ4v) is 5.61. The van der Waals surface area contributed by atoms with Gasteiger partial charge in [0.05, 0.1) is 8.07 Å². The molecule has 0 heterocycles. The van der Waals surface area contributed by atoms with Gasteiger partial charge in [-0.1, -0.05) is 45.0 Å². The van der Waals surface area contributed by atoms with Gasteiger partial charge in [0, 0.05) is 13.1 Å². The molecule has 0 saturated carbocycles. The van der Waals surface area contributed by atoms with Gasteiger partial charge >= 0.3 is 0 Å². The molecule has 0 aromatic rings. The van der Waals surface area contributed by atoms with Crippen LogP contribution in [0.2, 0.25) is 25.2 Å². The highest BCUT2D eigenvalue weighted by molar-refractivity contribution is 6.77. The van der Waals surface area contributed by atoms with Crippen molar-refractivity contribution < 1.29 is 0 Å². The molecule has 0 saturated heterocycles. The lowest BCUT2D eigenvalue weighted by atomic mass is 10.3. The van der Waals surface area contributed by atoms with Gasteiger partial charge in [-0.2, -0.15) is 0 Å². The molecule has 0 atom stereocenters. The molecule has 0 N–H and O–H groups in total. The summed E-state index contributed by atoms with van der Waals surface area (Å²) in [5.41, 5.74) is 1.58. The van der Waals surface area contributed by atoms with Gasteiger partial charge in [0.2, 0.25) is 0 Å².